The first-order valence-corrected chi connectivity index (χ1v) is 9.28. The molecule has 136 valence electrons. The molecule has 2 N–H and O–H groups in total. The predicted octanol–water partition coefficient (Wildman–Crippen LogP) is 2.09. The summed E-state index contributed by atoms with van der Waals surface area (Å²) in [5.41, 5.74) is 6.23. The van der Waals surface area contributed by atoms with Crippen molar-refractivity contribution in [2.75, 3.05) is 26.2 Å². The van der Waals surface area contributed by atoms with Gasteiger partial charge in [0.15, 0.2) is 0 Å². The van der Waals surface area contributed by atoms with Crippen LogP contribution in [0.5, 0.6) is 0 Å². The Morgan fingerprint density at radius 1 is 1.12 bits per heavy atom. The highest BCUT2D eigenvalue weighted by Gasteiger charge is 2.54. The average molecular weight is 349 g/mol. The molecule has 0 aromatic heterocycles. The fraction of sp³-hybridized carbons (Fsp3) is 0.632. The molecule has 0 aliphatic carbocycles. The van der Waals surface area contributed by atoms with Crippen molar-refractivity contribution in [3.05, 3.63) is 35.4 Å². The number of benzene rings is 1. The van der Waals surface area contributed by atoms with Gasteiger partial charge in [-0.2, -0.15) is 0 Å². The highest BCUT2D eigenvalue weighted by atomic mass is 19.1. The van der Waals surface area contributed by atoms with Crippen molar-refractivity contribution in [2.24, 2.45) is 11.7 Å². The monoisotopic (exact) mass is 349 g/mol. The Balaban J connectivity index is 1.67. The van der Waals surface area contributed by atoms with E-state index in [1.807, 2.05) is 4.90 Å². The molecule has 4 heterocycles. The quantitative estimate of drug-likeness (QED) is 0.906. The summed E-state index contributed by atoms with van der Waals surface area (Å²) in [6, 6.07) is 4.12. The van der Waals surface area contributed by atoms with Crippen LogP contribution >= 0.6 is 0 Å². The van der Waals surface area contributed by atoms with Crippen LogP contribution in [-0.2, 0) is 4.79 Å². The molecule has 4 fully saturated rings. The summed E-state index contributed by atoms with van der Waals surface area (Å²) in [4.78, 5) is 17.2. The molecule has 5 rings (SSSR count). The molecule has 0 spiro atoms. The molecular formula is C19H25F2N3O. The van der Waals surface area contributed by atoms with Crippen molar-refractivity contribution >= 4 is 5.91 Å². The smallest absolute Gasteiger partial charge is 0.222 e. The van der Waals surface area contributed by atoms with Crippen molar-refractivity contribution < 1.29 is 13.6 Å². The van der Waals surface area contributed by atoms with E-state index < -0.39 is 11.6 Å². The van der Waals surface area contributed by atoms with Crippen molar-refractivity contribution in [1.29, 1.82) is 0 Å². The van der Waals surface area contributed by atoms with E-state index in [2.05, 4.69) is 4.90 Å². The van der Waals surface area contributed by atoms with Crippen LogP contribution in [0.1, 0.15) is 37.2 Å². The van der Waals surface area contributed by atoms with Gasteiger partial charge in [0, 0.05) is 31.0 Å². The van der Waals surface area contributed by atoms with E-state index in [0.717, 1.165) is 32.0 Å². The fourth-order valence-corrected chi connectivity index (χ4v) is 5.18. The molecule has 0 radical (unpaired) electrons. The van der Waals surface area contributed by atoms with Crippen LogP contribution in [0, 0.1) is 17.6 Å². The molecule has 0 unspecified atom stereocenters. The number of nitrogens with two attached hydrogens (primary N) is 1. The van der Waals surface area contributed by atoms with E-state index in [0.29, 0.717) is 37.4 Å². The molecule has 4 nitrogen and oxygen atoms in total. The van der Waals surface area contributed by atoms with Gasteiger partial charge in [-0.25, -0.2) is 8.78 Å². The lowest BCUT2D eigenvalue weighted by Gasteiger charge is -2.51. The molecule has 2 bridgehead atoms. The lowest BCUT2D eigenvalue weighted by molar-refractivity contribution is -0.136. The van der Waals surface area contributed by atoms with Crippen LogP contribution in [0.2, 0.25) is 0 Å². The van der Waals surface area contributed by atoms with E-state index in [4.69, 9.17) is 5.73 Å². The van der Waals surface area contributed by atoms with Gasteiger partial charge in [0.05, 0.1) is 6.04 Å². The van der Waals surface area contributed by atoms with Gasteiger partial charge >= 0.3 is 0 Å². The SMILES string of the molecule is NCCCC(=O)N1C[C@@H](c2cc(F)cc(F)c2)[C@@H]2[C@H]1C1CCN2CC1. The fourth-order valence-electron chi connectivity index (χ4n) is 5.18. The molecule has 1 aromatic rings. The third-order valence-electron chi connectivity index (χ3n) is 6.22. The molecule has 25 heavy (non-hydrogen) atoms. The third kappa shape index (κ3) is 2.95. The molecule has 1 amide bonds. The molecule has 3 atom stereocenters. The minimum absolute atomic E-state index is 0.0277. The van der Waals surface area contributed by atoms with Crippen molar-refractivity contribution in [3.63, 3.8) is 0 Å². The summed E-state index contributed by atoms with van der Waals surface area (Å²) in [7, 11) is 0. The number of halogens is 2. The van der Waals surface area contributed by atoms with Gasteiger partial charge in [-0.3, -0.25) is 9.69 Å². The number of hydrogen-bond donors (Lipinski definition) is 1. The third-order valence-corrected chi connectivity index (χ3v) is 6.22. The number of carbonyl (C=O) groups excluding carboxylic acids is 1. The molecule has 4 aliphatic rings. The number of hydrogen-bond acceptors (Lipinski definition) is 3. The maximum atomic E-state index is 13.8. The average Bonchev–Trinajstić information content (AvgIpc) is 3.03. The number of carbonyl (C=O) groups is 1. The number of piperidine rings is 3. The molecule has 1 aromatic carbocycles. The maximum absolute atomic E-state index is 13.8. The predicted molar refractivity (Wildman–Crippen MR) is 91.0 cm³/mol. The highest BCUT2D eigenvalue weighted by Crippen LogP contribution is 2.46. The van der Waals surface area contributed by atoms with E-state index in [1.54, 1.807) is 0 Å². The van der Waals surface area contributed by atoms with Gasteiger partial charge in [-0.05, 0) is 62.5 Å². The van der Waals surface area contributed by atoms with Crippen LogP contribution in [0.15, 0.2) is 18.2 Å². The van der Waals surface area contributed by atoms with Crippen LogP contribution in [0.25, 0.3) is 0 Å². The van der Waals surface area contributed by atoms with Crippen LogP contribution in [0.3, 0.4) is 0 Å². The van der Waals surface area contributed by atoms with E-state index in [-0.39, 0.29) is 23.9 Å². The van der Waals surface area contributed by atoms with Crippen molar-refractivity contribution in [3.8, 4) is 0 Å². The minimum atomic E-state index is -0.546. The van der Waals surface area contributed by atoms with Crippen LogP contribution < -0.4 is 5.73 Å². The first-order valence-electron chi connectivity index (χ1n) is 9.28. The van der Waals surface area contributed by atoms with Gasteiger partial charge in [-0.15, -0.1) is 0 Å². The lowest BCUT2D eigenvalue weighted by Crippen LogP contribution is -2.60. The molecule has 4 aliphatic heterocycles. The van der Waals surface area contributed by atoms with Gasteiger partial charge in [0.1, 0.15) is 11.6 Å². The Morgan fingerprint density at radius 2 is 1.80 bits per heavy atom. The highest BCUT2D eigenvalue weighted by molar-refractivity contribution is 5.77. The summed E-state index contributed by atoms with van der Waals surface area (Å²) in [6.45, 7) is 3.09. The summed E-state index contributed by atoms with van der Waals surface area (Å²) in [6.07, 6.45) is 3.34. The summed E-state index contributed by atoms with van der Waals surface area (Å²) < 4.78 is 27.5. The van der Waals surface area contributed by atoms with E-state index >= 15 is 0 Å². The topological polar surface area (TPSA) is 49.6 Å². The summed E-state index contributed by atoms with van der Waals surface area (Å²) in [5, 5.41) is 0. The summed E-state index contributed by atoms with van der Waals surface area (Å²) >= 11 is 0. The Morgan fingerprint density at radius 3 is 2.44 bits per heavy atom. The van der Waals surface area contributed by atoms with Crippen molar-refractivity contribution in [2.45, 2.75) is 43.7 Å². The number of nitrogens with zero attached hydrogens (tertiary/aromatic N) is 2. The number of likely N-dealkylation sites (tertiary alicyclic amines) is 1. The largest absolute Gasteiger partial charge is 0.337 e. The second kappa shape index (κ2) is 6.65. The molecule has 4 saturated heterocycles. The van der Waals surface area contributed by atoms with E-state index in [1.165, 1.54) is 12.1 Å². The second-order valence-electron chi connectivity index (χ2n) is 7.60. The van der Waals surface area contributed by atoms with Gasteiger partial charge in [0.2, 0.25) is 5.91 Å². The number of rotatable bonds is 4. The number of fused-ring (bicyclic) bond motifs is 2. The summed E-state index contributed by atoms with van der Waals surface area (Å²) in [5.74, 6) is -0.486. The maximum Gasteiger partial charge on any atom is 0.222 e. The zero-order chi connectivity index (χ0) is 17.6. The van der Waals surface area contributed by atoms with Crippen LogP contribution in [0.4, 0.5) is 8.78 Å². The minimum Gasteiger partial charge on any atom is -0.337 e. The normalized spacial score (nSPS) is 33.6. The van der Waals surface area contributed by atoms with Gasteiger partial charge < -0.3 is 10.6 Å². The zero-order valence-electron chi connectivity index (χ0n) is 14.3. The Kier molecular flexibility index (Phi) is 4.50. The lowest BCUT2D eigenvalue weighted by atomic mass is 9.75. The zero-order valence-corrected chi connectivity index (χ0v) is 14.3. The number of amides is 1. The van der Waals surface area contributed by atoms with Gasteiger partial charge in [-0.1, -0.05) is 0 Å². The van der Waals surface area contributed by atoms with Gasteiger partial charge in [0.25, 0.3) is 0 Å². The van der Waals surface area contributed by atoms with E-state index in [9.17, 15) is 13.6 Å². The first kappa shape index (κ1) is 16.9. The standard InChI is InChI=1S/C19H25F2N3O/c20-14-8-13(9-15(21)10-14)16-11-24(17(25)2-1-5-22)18-12-3-6-23(7-4-12)19(16)18/h8-10,12,16,18-19H,1-7,11,22H2/t16-,18+,19+/m0/s1. The van der Waals surface area contributed by atoms with Crippen LogP contribution in [-0.4, -0.2) is 54.0 Å². The van der Waals surface area contributed by atoms with Crippen molar-refractivity contribution in [1.82, 2.24) is 9.80 Å². The molecular weight excluding hydrogens is 324 g/mol. The molecule has 0 saturated carbocycles. The molecule has 6 heteroatoms. The Labute approximate surface area is 147 Å². The Bertz CT molecular complexity index is 640. The first-order chi connectivity index (χ1) is 12.1. The second-order valence-corrected chi connectivity index (χ2v) is 7.60. The Hall–Kier alpha value is -1.53.